The summed E-state index contributed by atoms with van der Waals surface area (Å²) in [6.45, 7) is 0. The zero-order valence-corrected chi connectivity index (χ0v) is 16.0. The summed E-state index contributed by atoms with van der Waals surface area (Å²) in [5.74, 6) is 0. The van der Waals surface area contributed by atoms with E-state index in [-0.39, 0.29) is 0 Å². The van der Waals surface area contributed by atoms with Crippen LogP contribution in [0.25, 0.3) is 0 Å². The van der Waals surface area contributed by atoms with Gasteiger partial charge in [0.05, 0.1) is 0 Å². The van der Waals surface area contributed by atoms with Crippen molar-refractivity contribution in [3.05, 3.63) is 91.0 Å². The van der Waals surface area contributed by atoms with E-state index in [1.165, 1.54) is 29.7 Å². The van der Waals surface area contributed by atoms with E-state index in [9.17, 15) is 0 Å². The van der Waals surface area contributed by atoms with Crippen molar-refractivity contribution in [2.75, 3.05) is 0 Å². The second-order valence-corrected chi connectivity index (χ2v) is 18.5. The molecule has 122 valence electrons. The average Bonchev–Trinajstić information content (AvgIpc) is 2.71. The molecule has 0 bridgehead atoms. The van der Waals surface area contributed by atoms with Crippen molar-refractivity contribution in [3.8, 4) is 0 Å². The predicted molar refractivity (Wildman–Crippen MR) is 107 cm³/mol. The Labute approximate surface area is 146 Å². The Kier molecular flexibility index (Phi) is 4.10. The number of benzene rings is 3. The van der Waals surface area contributed by atoms with Gasteiger partial charge in [0.25, 0.3) is 0 Å². The summed E-state index contributed by atoms with van der Waals surface area (Å²) in [7, 11) is 0. The van der Waals surface area contributed by atoms with Crippen LogP contribution in [0.3, 0.4) is 0 Å². The van der Waals surface area contributed by atoms with Crippen molar-refractivity contribution < 1.29 is 0 Å². The van der Waals surface area contributed by atoms with Crippen LogP contribution in [-0.2, 0) is 0 Å². The maximum absolute atomic E-state index is 3.09. The fourth-order valence-electron chi connectivity index (χ4n) is 4.80. The van der Waals surface area contributed by atoms with Crippen LogP contribution in [0.4, 0.5) is 0 Å². The molecule has 3 aromatic carbocycles. The van der Waals surface area contributed by atoms with Crippen LogP contribution in [-0.4, -0.2) is 12.5 Å². The summed E-state index contributed by atoms with van der Waals surface area (Å²) in [6.07, 6.45) is 4.08. The summed E-state index contributed by atoms with van der Waals surface area (Å²) in [4.78, 5) is 0. The van der Waals surface area contributed by atoms with E-state index in [1.807, 2.05) is 0 Å². The molecule has 0 N–H and O–H groups in total. The third kappa shape index (κ3) is 2.20. The molecule has 1 heteroatoms. The Morgan fingerprint density at radius 1 is 0.417 bits per heavy atom. The van der Waals surface area contributed by atoms with Crippen molar-refractivity contribution in [1.82, 2.24) is 0 Å². The molecule has 4 rings (SSSR count). The Hall–Kier alpha value is -1.78. The quantitative estimate of drug-likeness (QED) is 0.598. The van der Waals surface area contributed by atoms with Crippen LogP contribution >= 0.6 is 0 Å². The predicted octanol–water partition coefficient (Wildman–Crippen LogP) is 4.29. The van der Waals surface area contributed by atoms with Crippen LogP contribution < -0.4 is 13.1 Å². The van der Waals surface area contributed by atoms with E-state index in [2.05, 4.69) is 91.0 Å². The first-order valence-corrected chi connectivity index (χ1v) is 14.5. The van der Waals surface area contributed by atoms with Gasteiger partial charge in [-0.3, -0.25) is 0 Å². The average molecular weight is 376 g/mol. The SMILES string of the molecule is c1ccc([As]2(c3ccccc3)(c3ccccc3)CCCCC2)cc1. The summed E-state index contributed by atoms with van der Waals surface area (Å²) in [5, 5.41) is 2.72. The van der Waals surface area contributed by atoms with Gasteiger partial charge < -0.3 is 0 Å². The first kappa shape index (κ1) is 15.7. The zero-order valence-electron chi connectivity index (χ0n) is 14.1. The van der Waals surface area contributed by atoms with Crippen molar-refractivity contribution >= 4 is 25.5 Å². The summed E-state index contributed by atoms with van der Waals surface area (Å²) in [6, 6.07) is 34.4. The molecule has 0 aliphatic carbocycles. The van der Waals surface area contributed by atoms with Gasteiger partial charge in [-0.05, 0) is 0 Å². The molecular weight excluding hydrogens is 351 g/mol. The second kappa shape index (κ2) is 6.26. The molecule has 1 fully saturated rings. The molecule has 0 amide bonds. The van der Waals surface area contributed by atoms with Gasteiger partial charge in [0.15, 0.2) is 0 Å². The van der Waals surface area contributed by atoms with Gasteiger partial charge in [0.1, 0.15) is 0 Å². The second-order valence-electron chi connectivity index (χ2n) is 7.02. The van der Waals surface area contributed by atoms with E-state index in [4.69, 9.17) is 0 Å². The molecule has 0 radical (unpaired) electrons. The third-order valence-corrected chi connectivity index (χ3v) is 21.1. The van der Waals surface area contributed by atoms with Crippen LogP contribution in [0.1, 0.15) is 19.3 Å². The van der Waals surface area contributed by atoms with Crippen LogP contribution in [0.15, 0.2) is 91.0 Å². The standard InChI is InChI=1S/C23H25As/c1-5-13-21(14-6-1)24(19-11-4-12-20-24,22-15-7-2-8-16-22)23-17-9-3-10-18-23/h1-3,5-10,13-18H,4,11-12,19-20H2. The van der Waals surface area contributed by atoms with E-state index in [0.717, 1.165) is 0 Å². The number of hydrogen-bond donors (Lipinski definition) is 0. The van der Waals surface area contributed by atoms with Gasteiger partial charge in [0, 0.05) is 0 Å². The van der Waals surface area contributed by atoms with Gasteiger partial charge in [-0.1, -0.05) is 0 Å². The van der Waals surface area contributed by atoms with Crippen LogP contribution in [0.5, 0.6) is 0 Å². The molecule has 0 nitrogen and oxygen atoms in total. The Morgan fingerprint density at radius 2 is 0.750 bits per heavy atom. The fraction of sp³-hybridized carbons (Fsp3) is 0.217. The Balaban J connectivity index is 2.12. The molecule has 24 heavy (non-hydrogen) atoms. The summed E-state index contributed by atoms with van der Waals surface area (Å²) in [5.41, 5.74) is 0. The normalized spacial score (nSPS) is 20.6. The molecule has 0 spiro atoms. The van der Waals surface area contributed by atoms with Gasteiger partial charge in [-0.25, -0.2) is 0 Å². The Bertz CT molecular complexity index is 684. The minimum absolute atomic E-state index is 1.35. The molecule has 0 atom stereocenters. The molecule has 0 aromatic heterocycles. The maximum atomic E-state index is 2.41. The number of hydrogen-bond acceptors (Lipinski definition) is 0. The monoisotopic (exact) mass is 376 g/mol. The van der Waals surface area contributed by atoms with Crippen molar-refractivity contribution in [2.45, 2.75) is 29.7 Å². The van der Waals surface area contributed by atoms with Gasteiger partial charge in [0.2, 0.25) is 0 Å². The van der Waals surface area contributed by atoms with Crippen LogP contribution in [0.2, 0.25) is 10.4 Å². The van der Waals surface area contributed by atoms with Gasteiger partial charge >= 0.3 is 146 Å². The topological polar surface area (TPSA) is 0 Å². The molecule has 3 aromatic rings. The van der Waals surface area contributed by atoms with Crippen LogP contribution in [0, 0.1) is 0 Å². The molecule has 1 aliphatic rings. The van der Waals surface area contributed by atoms with Crippen molar-refractivity contribution in [2.24, 2.45) is 0 Å². The fourth-order valence-corrected chi connectivity index (χ4v) is 19.9. The zero-order chi connectivity index (χ0) is 16.3. The van der Waals surface area contributed by atoms with E-state index in [1.54, 1.807) is 13.1 Å². The van der Waals surface area contributed by atoms with Crippen molar-refractivity contribution in [3.63, 3.8) is 0 Å². The first-order valence-electron chi connectivity index (χ1n) is 9.04. The van der Waals surface area contributed by atoms with E-state index < -0.39 is 12.5 Å². The molecular formula is C23H25As. The molecule has 1 heterocycles. The molecule has 1 saturated heterocycles. The molecule has 0 unspecified atom stereocenters. The van der Waals surface area contributed by atoms with Gasteiger partial charge in [-0.15, -0.1) is 0 Å². The summed E-state index contributed by atoms with van der Waals surface area (Å²) < 4.78 is 4.86. The number of rotatable bonds is 3. The van der Waals surface area contributed by atoms with Gasteiger partial charge in [-0.2, -0.15) is 0 Å². The first-order chi connectivity index (χ1) is 11.9. The molecule has 0 saturated carbocycles. The third-order valence-electron chi connectivity index (χ3n) is 5.94. The van der Waals surface area contributed by atoms with E-state index >= 15 is 0 Å². The molecule has 1 aliphatic heterocycles. The van der Waals surface area contributed by atoms with E-state index in [0.29, 0.717) is 0 Å². The summed E-state index contributed by atoms with van der Waals surface area (Å²) >= 11 is -3.09. The Morgan fingerprint density at radius 3 is 1.08 bits per heavy atom. The van der Waals surface area contributed by atoms with Crippen molar-refractivity contribution in [1.29, 1.82) is 0 Å². The minimum atomic E-state index is -3.09.